The average Bonchev–Trinajstić information content (AvgIpc) is 0.722. The third-order valence-corrected chi connectivity index (χ3v) is 0. The van der Waals surface area contributed by atoms with Gasteiger partial charge in [-0.05, 0) is 0 Å². The van der Waals surface area contributed by atoms with E-state index >= 15 is 0 Å². The molecule has 8 heteroatoms. The van der Waals surface area contributed by atoms with Gasteiger partial charge in [0, 0.05) is 17.1 Å². The Morgan fingerprint density at radius 2 is 1.12 bits per heavy atom. The van der Waals surface area contributed by atoms with Crippen molar-refractivity contribution in [1.82, 2.24) is 0 Å². The van der Waals surface area contributed by atoms with Crippen LogP contribution in [0.15, 0.2) is 0 Å². The van der Waals surface area contributed by atoms with Crippen LogP contribution in [0.1, 0.15) is 0 Å². The Kier molecular flexibility index (Phi) is 27.7. The Hall–Kier alpha value is 2.86. The molecule has 0 unspecified atom stereocenters. The summed E-state index contributed by atoms with van der Waals surface area (Å²) in [5.74, 6) is 0. The van der Waals surface area contributed by atoms with Gasteiger partial charge in [-0.15, -0.1) is 0 Å². The number of hydrogen-bond donors (Lipinski definition) is 3. The molecule has 0 aromatic rings. The molecule has 0 aromatic heterocycles. The summed E-state index contributed by atoms with van der Waals surface area (Å²) in [5, 5.41) is 0. The molecular formula is H5CuKLiO4P. The van der Waals surface area contributed by atoms with Crippen molar-refractivity contribution in [3.8, 4) is 0 Å². The molecule has 0 aliphatic rings. The number of rotatable bonds is 0. The van der Waals surface area contributed by atoms with Crippen molar-refractivity contribution in [2.24, 2.45) is 0 Å². The van der Waals surface area contributed by atoms with Crippen molar-refractivity contribution in [3.05, 3.63) is 0 Å². The van der Waals surface area contributed by atoms with Gasteiger partial charge in [-0.2, -0.15) is 0 Å². The van der Waals surface area contributed by atoms with Gasteiger partial charge in [0.25, 0.3) is 0 Å². The molecule has 0 saturated heterocycles. The summed E-state index contributed by atoms with van der Waals surface area (Å²) in [4.78, 5) is 21.6. The summed E-state index contributed by atoms with van der Waals surface area (Å²) in [7, 11) is -4.64. The molecule has 0 rings (SSSR count). The molecule has 0 bridgehead atoms. The Balaban J connectivity index is -0.0000000267. The third kappa shape index (κ3) is 66.8. The van der Waals surface area contributed by atoms with Crippen LogP contribution in [0, 0.1) is 0 Å². The fourth-order valence-corrected chi connectivity index (χ4v) is 0. The Morgan fingerprint density at radius 3 is 1.12 bits per heavy atom. The van der Waals surface area contributed by atoms with Crippen molar-refractivity contribution in [1.29, 1.82) is 0 Å². The zero-order valence-corrected chi connectivity index (χ0v) is 4.33. The topological polar surface area (TPSA) is 77.8 Å². The first-order valence-corrected chi connectivity index (χ1v) is 2.35. The molecule has 0 saturated carbocycles. The normalized spacial score (nSPS) is 7.38. The zero-order chi connectivity index (χ0) is 4.50. The van der Waals surface area contributed by atoms with Crippen LogP contribution in [0.5, 0.6) is 0 Å². The summed E-state index contributed by atoms with van der Waals surface area (Å²) in [6.07, 6.45) is 0. The second-order valence-corrected chi connectivity index (χ2v) is 1.54. The van der Waals surface area contributed by atoms with Crippen LogP contribution < -0.4 is 0 Å². The number of phosphoric acid groups is 1. The second kappa shape index (κ2) is 9.86. The molecule has 8 heavy (non-hydrogen) atoms. The van der Waals surface area contributed by atoms with Gasteiger partial charge < -0.3 is 14.7 Å². The molecule has 0 spiro atoms. The van der Waals surface area contributed by atoms with E-state index < -0.39 is 7.82 Å². The molecule has 0 fully saturated rings. The fourth-order valence-electron chi connectivity index (χ4n) is 0. The van der Waals surface area contributed by atoms with Crippen LogP contribution in [0.2, 0.25) is 0 Å². The van der Waals surface area contributed by atoms with Gasteiger partial charge >= 0.3 is 78.1 Å². The van der Waals surface area contributed by atoms with E-state index in [1.54, 1.807) is 0 Å². The van der Waals surface area contributed by atoms with E-state index in [4.69, 9.17) is 19.2 Å². The predicted octanol–water partition coefficient (Wildman–Crippen LogP) is -2.23. The van der Waals surface area contributed by atoms with Gasteiger partial charge in [-0.25, -0.2) is 4.57 Å². The molecule has 0 amide bonds. The van der Waals surface area contributed by atoms with Gasteiger partial charge in [-0.3, -0.25) is 0 Å². The summed E-state index contributed by atoms with van der Waals surface area (Å²) in [6, 6.07) is 0. The van der Waals surface area contributed by atoms with E-state index in [1.807, 2.05) is 0 Å². The Labute approximate surface area is 112 Å². The molecule has 0 aliphatic heterocycles. The molecule has 0 aliphatic carbocycles. The standard InChI is InChI=1S/Cu.K.Li.H3O4P.2H/c;;;1-5(2,3)4;;/h;;;(H3,1,2,3,4);;. The van der Waals surface area contributed by atoms with Crippen molar-refractivity contribution in [2.75, 3.05) is 0 Å². The zero-order valence-electron chi connectivity index (χ0n) is 2.50. The van der Waals surface area contributed by atoms with Crippen LogP contribution >= 0.6 is 7.82 Å². The van der Waals surface area contributed by atoms with E-state index in [-0.39, 0.29) is 87.3 Å². The van der Waals surface area contributed by atoms with Crippen LogP contribution in [-0.4, -0.2) is 84.9 Å². The molecule has 47 valence electrons. The first kappa shape index (κ1) is 22.4. The molecule has 3 N–H and O–H groups in total. The number of hydrogen-bond acceptors (Lipinski definition) is 1. The van der Waals surface area contributed by atoms with E-state index in [9.17, 15) is 0 Å². The average molecular weight is 210 g/mol. The summed E-state index contributed by atoms with van der Waals surface area (Å²) in [6.45, 7) is 0. The molecule has 0 aromatic carbocycles. The van der Waals surface area contributed by atoms with Crippen LogP contribution in [0.4, 0.5) is 0 Å². The van der Waals surface area contributed by atoms with Crippen LogP contribution in [-0.2, 0) is 21.6 Å². The molecular weight excluding hydrogens is 205 g/mol. The molecule has 0 atom stereocenters. The monoisotopic (exact) mass is 209 g/mol. The van der Waals surface area contributed by atoms with Crippen molar-refractivity contribution < 1.29 is 36.3 Å². The van der Waals surface area contributed by atoms with E-state index in [0.29, 0.717) is 0 Å². The SMILES string of the molecule is O=P(O)(O)O.[Cu].[KH].[LiH]. The van der Waals surface area contributed by atoms with Gasteiger partial charge in [0.1, 0.15) is 0 Å². The summed E-state index contributed by atoms with van der Waals surface area (Å²) >= 11 is 0. The minimum absolute atomic E-state index is 0. The van der Waals surface area contributed by atoms with Crippen molar-refractivity contribution in [3.63, 3.8) is 0 Å². The first-order valence-electron chi connectivity index (χ1n) is 0.783. The fraction of sp³-hybridized carbons (Fsp3) is 0. The Morgan fingerprint density at radius 1 is 1.12 bits per heavy atom. The Bertz CT molecular complexity index is 62.2. The van der Waals surface area contributed by atoms with E-state index in [1.165, 1.54) is 0 Å². The van der Waals surface area contributed by atoms with E-state index in [0.717, 1.165) is 0 Å². The summed E-state index contributed by atoms with van der Waals surface area (Å²) < 4.78 is 8.88. The quantitative estimate of drug-likeness (QED) is 0.312. The summed E-state index contributed by atoms with van der Waals surface area (Å²) in [5.41, 5.74) is 0. The third-order valence-electron chi connectivity index (χ3n) is 0. The van der Waals surface area contributed by atoms with Gasteiger partial charge in [0.2, 0.25) is 0 Å². The maximum absolute atomic E-state index is 8.88. The van der Waals surface area contributed by atoms with Crippen molar-refractivity contribution >= 4 is 78.1 Å². The van der Waals surface area contributed by atoms with Crippen LogP contribution in [0.25, 0.3) is 0 Å². The predicted molar refractivity (Wildman–Crippen MR) is 28.6 cm³/mol. The minimum atomic E-state index is -4.64. The molecule has 1 radical (unpaired) electrons. The maximum atomic E-state index is 8.88. The van der Waals surface area contributed by atoms with Crippen molar-refractivity contribution in [2.45, 2.75) is 0 Å². The second-order valence-electron chi connectivity index (χ2n) is 0.513. The first-order chi connectivity index (χ1) is 2.00. The van der Waals surface area contributed by atoms with Gasteiger partial charge in [0.05, 0.1) is 0 Å². The van der Waals surface area contributed by atoms with Crippen LogP contribution in [0.3, 0.4) is 0 Å². The van der Waals surface area contributed by atoms with Gasteiger partial charge in [-0.1, -0.05) is 0 Å². The molecule has 4 nitrogen and oxygen atoms in total. The van der Waals surface area contributed by atoms with Gasteiger partial charge in [0.15, 0.2) is 0 Å². The molecule has 0 heterocycles. The van der Waals surface area contributed by atoms with E-state index in [2.05, 4.69) is 0 Å².